The maximum atomic E-state index is 11.9. The summed E-state index contributed by atoms with van der Waals surface area (Å²) >= 11 is 1.64. The summed E-state index contributed by atoms with van der Waals surface area (Å²) in [5.41, 5.74) is 2.50. The summed E-state index contributed by atoms with van der Waals surface area (Å²) in [6, 6.07) is 12.7. The normalized spacial score (nSPS) is 16.3. The van der Waals surface area contributed by atoms with Gasteiger partial charge in [0.05, 0.1) is 6.42 Å². The lowest BCUT2D eigenvalue weighted by Crippen LogP contribution is -2.38. The average molecular weight is 328 g/mol. The Bertz CT molecular complexity index is 589. The monoisotopic (exact) mass is 328 g/mol. The standard InChI is InChI=1S/C19H24N2OS/c22-19(12-18-8-11-23-15-18)20-13-16-6-9-21(10-7-16)14-17-4-2-1-3-5-17/h1-5,8,11,15-16H,6-7,9-10,12-14H2,(H,20,22). The van der Waals surface area contributed by atoms with Crippen LogP contribution in [0.15, 0.2) is 47.2 Å². The Hall–Kier alpha value is -1.65. The highest BCUT2D eigenvalue weighted by Crippen LogP contribution is 2.18. The third kappa shape index (κ3) is 5.19. The average Bonchev–Trinajstić information content (AvgIpc) is 3.08. The Kier molecular flexibility index (Phi) is 5.83. The van der Waals surface area contributed by atoms with Crippen molar-refractivity contribution in [1.82, 2.24) is 10.2 Å². The first-order chi connectivity index (χ1) is 11.3. The number of nitrogens with zero attached hydrogens (tertiary/aromatic N) is 1. The molecule has 23 heavy (non-hydrogen) atoms. The Morgan fingerprint density at radius 3 is 2.61 bits per heavy atom. The zero-order valence-corrected chi connectivity index (χ0v) is 14.2. The summed E-state index contributed by atoms with van der Waals surface area (Å²) in [4.78, 5) is 14.5. The number of rotatable bonds is 6. The van der Waals surface area contributed by atoms with Crippen molar-refractivity contribution in [3.8, 4) is 0 Å². The van der Waals surface area contributed by atoms with Gasteiger partial charge in [-0.3, -0.25) is 9.69 Å². The Morgan fingerprint density at radius 1 is 1.13 bits per heavy atom. The highest BCUT2D eigenvalue weighted by atomic mass is 32.1. The zero-order chi connectivity index (χ0) is 15.9. The van der Waals surface area contributed by atoms with Crippen LogP contribution in [0.2, 0.25) is 0 Å². The van der Waals surface area contributed by atoms with Crippen LogP contribution in [-0.2, 0) is 17.8 Å². The van der Waals surface area contributed by atoms with E-state index in [0.717, 1.165) is 31.7 Å². The van der Waals surface area contributed by atoms with Gasteiger partial charge in [0.15, 0.2) is 0 Å². The van der Waals surface area contributed by atoms with E-state index in [1.807, 2.05) is 16.8 Å². The smallest absolute Gasteiger partial charge is 0.224 e. The molecule has 3 nitrogen and oxygen atoms in total. The van der Waals surface area contributed by atoms with Crippen LogP contribution >= 0.6 is 11.3 Å². The minimum atomic E-state index is 0.148. The van der Waals surface area contributed by atoms with Crippen LogP contribution in [0.25, 0.3) is 0 Å². The van der Waals surface area contributed by atoms with Gasteiger partial charge in [0, 0.05) is 13.1 Å². The van der Waals surface area contributed by atoms with Gasteiger partial charge in [-0.05, 0) is 59.8 Å². The lowest BCUT2D eigenvalue weighted by atomic mass is 9.96. The molecule has 1 aromatic heterocycles. The van der Waals surface area contributed by atoms with Gasteiger partial charge in [-0.25, -0.2) is 0 Å². The summed E-state index contributed by atoms with van der Waals surface area (Å²) in [6.07, 6.45) is 2.85. The van der Waals surface area contributed by atoms with E-state index >= 15 is 0 Å². The molecule has 4 heteroatoms. The Balaban J connectivity index is 1.35. The highest BCUT2D eigenvalue weighted by molar-refractivity contribution is 7.07. The molecule has 0 aliphatic carbocycles. The highest BCUT2D eigenvalue weighted by Gasteiger charge is 2.19. The number of benzene rings is 1. The first-order valence-corrected chi connectivity index (χ1v) is 9.28. The number of hydrogen-bond donors (Lipinski definition) is 1. The van der Waals surface area contributed by atoms with Crippen LogP contribution in [-0.4, -0.2) is 30.4 Å². The molecule has 1 amide bonds. The van der Waals surface area contributed by atoms with E-state index in [4.69, 9.17) is 0 Å². The van der Waals surface area contributed by atoms with E-state index in [0.29, 0.717) is 12.3 Å². The molecule has 2 heterocycles. The van der Waals surface area contributed by atoms with Crippen LogP contribution in [0.3, 0.4) is 0 Å². The summed E-state index contributed by atoms with van der Waals surface area (Å²) in [5, 5.41) is 7.16. The van der Waals surface area contributed by atoms with Crippen LogP contribution in [0.1, 0.15) is 24.0 Å². The van der Waals surface area contributed by atoms with Gasteiger partial charge in [0.1, 0.15) is 0 Å². The first kappa shape index (κ1) is 16.2. The van der Waals surface area contributed by atoms with Crippen molar-refractivity contribution in [2.24, 2.45) is 5.92 Å². The van der Waals surface area contributed by atoms with Crippen molar-refractivity contribution in [2.45, 2.75) is 25.8 Å². The van der Waals surface area contributed by atoms with Crippen LogP contribution in [0.5, 0.6) is 0 Å². The Labute approximate surface area is 142 Å². The van der Waals surface area contributed by atoms with E-state index in [9.17, 15) is 4.79 Å². The number of carbonyl (C=O) groups excluding carboxylic acids is 1. The van der Waals surface area contributed by atoms with E-state index < -0.39 is 0 Å². The third-order valence-electron chi connectivity index (χ3n) is 4.49. The molecule has 0 saturated carbocycles. The molecule has 1 aliphatic rings. The quantitative estimate of drug-likeness (QED) is 0.882. The molecule has 0 unspecified atom stereocenters. The van der Waals surface area contributed by atoms with Gasteiger partial charge < -0.3 is 5.32 Å². The molecule has 1 saturated heterocycles. The lowest BCUT2D eigenvalue weighted by molar-refractivity contribution is -0.120. The third-order valence-corrected chi connectivity index (χ3v) is 5.22. The van der Waals surface area contributed by atoms with Gasteiger partial charge in [-0.1, -0.05) is 30.3 Å². The van der Waals surface area contributed by atoms with E-state index in [1.54, 1.807) is 11.3 Å². The fraction of sp³-hybridized carbons (Fsp3) is 0.421. The SMILES string of the molecule is O=C(Cc1ccsc1)NCC1CCN(Cc2ccccc2)CC1. The maximum absolute atomic E-state index is 11.9. The fourth-order valence-corrected chi connectivity index (χ4v) is 3.76. The van der Waals surface area contributed by atoms with Crippen molar-refractivity contribution < 1.29 is 4.79 Å². The van der Waals surface area contributed by atoms with Gasteiger partial charge in [-0.15, -0.1) is 0 Å². The molecule has 1 N–H and O–H groups in total. The second-order valence-electron chi connectivity index (χ2n) is 6.32. The Morgan fingerprint density at radius 2 is 1.91 bits per heavy atom. The predicted molar refractivity (Wildman–Crippen MR) is 95.5 cm³/mol. The van der Waals surface area contributed by atoms with Gasteiger partial charge in [0.2, 0.25) is 5.91 Å². The molecule has 122 valence electrons. The molecular weight excluding hydrogens is 304 g/mol. The number of hydrogen-bond acceptors (Lipinski definition) is 3. The van der Waals surface area contributed by atoms with Crippen molar-refractivity contribution >= 4 is 17.2 Å². The largest absolute Gasteiger partial charge is 0.356 e. The summed E-state index contributed by atoms with van der Waals surface area (Å²) in [5.74, 6) is 0.767. The molecule has 1 aromatic carbocycles. The number of carbonyl (C=O) groups is 1. The van der Waals surface area contributed by atoms with E-state index in [2.05, 4.69) is 40.5 Å². The minimum Gasteiger partial charge on any atom is -0.356 e. The summed E-state index contributed by atoms with van der Waals surface area (Å²) in [6.45, 7) is 4.11. The topological polar surface area (TPSA) is 32.3 Å². The lowest BCUT2D eigenvalue weighted by Gasteiger charge is -2.32. The van der Waals surface area contributed by atoms with Crippen LogP contribution in [0.4, 0.5) is 0 Å². The van der Waals surface area contributed by atoms with Crippen molar-refractivity contribution in [1.29, 1.82) is 0 Å². The molecular formula is C19H24N2OS. The number of thiophene rings is 1. The van der Waals surface area contributed by atoms with Crippen molar-refractivity contribution in [2.75, 3.05) is 19.6 Å². The molecule has 3 rings (SSSR count). The number of piperidine rings is 1. The van der Waals surface area contributed by atoms with Crippen molar-refractivity contribution in [3.63, 3.8) is 0 Å². The molecule has 0 radical (unpaired) electrons. The van der Waals surface area contributed by atoms with Gasteiger partial charge >= 0.3 is 0 Å². The predicted octanol–water partition coefficient (Wildman–Crippen LogP) is 3.32. The van der Waals surface area contributed by atoms with Crippen LogP contribution in [0, 0.1) is 5.92 Å². The van der Waals surface area contributed by atoms with Gasteiger partial charge in [-0.2, -0.15) is 11.3 Å². The molecule has 0 spiro atoms. The molecule has 0 bridgehead atoms. The molecule has 2 aromatic rings. The second kappa shape index (κ2) is 8.27. The fourth-order valence-electron chi connectivity index (χ4n) is 3.09. The minimum absolute atomic E-state index is 0.148. The number of amides is 1. The number of nitrogens with one attached hydrogen (secondary N) is 1. The second-order valence-corrected chi connectivity index (χ2v) is 7.10. The number of likely N-dealkylation sites (tertiary alicyclic amines) is 1. The summed E-state index contributed by atoms with van der Waals surface area (Å²) in [7, 11) is 0. The molecule has 1 aliphatic heterocycles. The molecule has 0 atom stereocenters. The van der Waals surface area contributed by atoms with E-state index in [1.165, 1.54) is 18.4 Å². The zero-order valence-electron chi connectivity index (χ0n) is 13.4. The maximum Gasteiger partial charge on any atom is 0.224 e. The summed E-state index contributed by atoms with van der Waals surface area (Å²) < 4.78 is 0. The molecule has 1 fully saturated rings. The van der Waals surface area contributed by atoms with Crippen molar-refractivity contribution in [3.05, 3.63) is 58.3 Å². The van der Waals surface area contributed by atoms with Crippen LogP contribution < -0.4 is 5.32 Å². The van der Waals surface area contributed by atoms with Gasteiger partial charge in [0.25, 0.3) is 0 Å². The van der Waals surface area contributed by atoms with E-state index in [-0.39, 0.29) is 5.91 Å². The first-order valence-electron chi connectivity index (χ1n) is 8.33.